The van der Waals surface area contributed by atoms with E-state index in [0.29, 0.717) is 0 Å². The van der Waals surface area contributed by atoms with Crippen LogP contribution in [0.4, 0.5) is 0 Å². The molecule has 3 unspecified atom stereocenters. The van der Waals surface area contributed by atoms with Gasteiger partial charge in [0.05, 0.1) is 0 Å². The molecule has 0 aromatic heterocycles. The second-order valence-corrected chi connectivity index (χ2v) is 7.44. The summed E-state index contributed by atoms with van der Waals surface area (Å²) in [7, 11) is 0. The summed E-state index contributed by atoms with van der Waals surface area (Å²) in [6, 6.07) is 1.44. The van der Waals surface area contributed by atoms with Gasteiger partial charge in [0.1, 0.15) is 0 Å². The maximum absolute atomic E-state index is 3.63. The maximum Gasteiger partial charge on any atom is 0.0265 e. The summed E-state index contributed by atoms with van der Waals surface area (Å²) in [4.78, 5) is 2.70. The van der Waals surface area contributed by atoms with Crippen molar-refractivity contribution in [3.63, 3.8) is 0 Å². The molecule has 0 aromatic rings. The molecule has 0 saturated carbocycles. The monoisotopic (exact) mass is 260 g/mol. The van der Waals surface area contributed by atoms with Crippen LogP contribution in [0.2, 0.25) is 0 Å². The minimum atomic E-state index is 0.718. The first-order valence-electron chi connectivity index (χ1n) is 6.46. The predicted molar refractivity (Wildman–Crippen MR) is 76.7 cm³/mol. The Hall–Kier alpha value is 0.620. The van der Waals surface area contributed by atoms with Crippen molar-refractivity contribution in [1.29, 1.82) is 0 Å². The Balaban J connectivity index is 1.81. The van der Waals surface area contributed by atoms with Crippen LogP contribution in [0.5, 0.6) is 0 Å². The van der Waals surface area contributed by atoms with Gasteiger partial charge in [-0.05, 0) is 13.3 Å². The minimum Gasteiger partial charge on any atom is -0.311 e. The van der Waals surface area contributed by atoms with E-state index in [4.69, 9.17) is 0 Å². The lowest BCUT2D eigenvalue weighted by molar-refractivity contribution is 0.141. The van der Waals surface area contributed by atoms with E-state index in [1.54, 1.807) is 0 Å². The summed E-state index contributed by atoms with van der Waals surface area (Å²) in [5, 5.41) is 4.50. The van der Waals surface area contributed by atoms with Gasteiger partial charge >= 0.3 is 0 Å². The Morgan fingerprint density at radius 3 is 2.94 bits per heavy atom. The van der Waals surface area contributed by atoms with Crippen LogP contribution >= 0.6 is 23.5 Å². The molecule has 2 aliphatic heterocycles. The highest BCUT2D eigenvalue weighted by Crippen LogP contribution is 2.25. The fourth-order valence-corrected chi connectivity index (χ4v) is 5.12. The first-order chi connectivity index (χ1) is 7.79. The second kappa shape index (κ2) is 6.53. The first kappa shape index (κ1) is 13.1. The van der Waals surface area contributed by atoms with Gasteiger partial charge in [0.25, 0.3) is 0 Å². The van der Waals surface area contributed by atoms with Crippen LogP contribution in [-0.4, -0.2) is 59.1 Å². The molecule has 2 aliphatic rings. The van der Waals surface area contributed by atoms with Crippen LogP contribution in [0.3, 0.4) is 0 Å². The van der Waals surface area contributed by atoms with E-state index in [2.05, 4.69) is 47.6 Å². The number of piperazine rings is 1. The number of nitrogens with one attached hydrogen (secondary N) is 1. The van der Waals surface area contributed by atoms with Crippen LogP contribution < -0.4 is 5.32 Å². The average molecular weight is 260 g/mol. The fraction of sp³-hybridized carbons (Fsp3) is 1.00. The summed E-state index contributed by atoms with van der Waals surface area (Å²) in [5.74, 6) is 4.07. The van der Waals surface area contributed by atoms with Crippen LogP contribution in [0.25, 0.3) is 0 Å². The van der Waals surface area contributed by atoms with Crippen molar-refractivity contribution in [1.82, 2.24) is 10.2 Å². The van der Waals surface area contributed by atoms with Gasteiger partial charge < -0.3 is 5.32 Å². The highest BCUT2D eigenvalue weighted by atomic mass is 32.2. The molecule has 16 heavy (non-hydrogen) atoms. The third kappa shape index (κ3) is 3.56. The van der Waals surface area contributed by atoms with Gasteiger partial charge in [-0.2, -0.15) is 23.5 Å². The zero-order valence-corrected chi connectivity index (χ0v) is 12.1. The van der Waals surface area contributed by atoms with Crippen molar-refractivity contribution in [3.8, 4) is 0 Å². The largest absolute Gasteiger partial charge is 0.311 e. The van der Waals surface area contributed by atoms with Gasteiger partial charge in [0, 0.05) is 54.2 Å². The standard InChI is InChI=1S/C12H24N2S2/c1-3-11-7-14(10(2)6-13-11)8-12-9-15-4-5-16-12/h10-13H,3-9H2,1-2H3. The number of hydrogen-bond acceptors (Lipinski definition) is 4. The third-order valence-corrected chi connectivity index (χ3v) is 6.42. The van der Waals surface area contributed by atoms with E-state index >= 15 is 0 Å². The lowest BCUT2D eigenvalue weighted by Gasteiger charge is -2.40. The predicted octanol–water partition coefficient (Wildman–Crippen LogP) is 1.91. The van der Waals surface area contributed by atoms with Crippen molar-refractivity contribution in [2.75, 3.05) is 36.9 Å². The zero-order chi connectivity index (χ0) is 11.4. The SMILES string of the molecule is CCC1CN(CC2CSCCS2)C(C)CN1. The quantitative estimate of drug-likeness (QED) is 0.833. The van der Waals surface area contributed by atoms with E-state index in [0.717, 1.165) is 17.3 Å². The van der Waals surface area contributed by atoms with Crippen LogP contribution in [0.1, 0.15) is 20.3 Å². The molecule has 4 heteroatoms. The van der Waals surface area contributed by atoms with E-state index in [1.807, 2.05) is 0 Å². The molecule has 0 spiro atoms. The zero-order valence-electron chi connectivity index (χ0n) is 10.4. The Labute approximate surface area is 108 Å². The summed E-state index contributed by atoms with van der Waals surface area (Å²) in [6.45, 7) is 8.37. The lowest BCUT2D eigenvalue weighted by Crippen LogP contribution is -2.56. The smallest absolute Gasteiger partial charge is 0.0265 e. The van der Waals surface area contributed by atoms with Gasteiger partial charge in [0.15, 0.2) is 0 Å². The van der Waals surface area contributed by atoms with Crippen molar-refractivity contribution >= 4 is 23.5 Å². The van der Waals surface area contributed by atoms with Gasteiger partial charge in [0.2, 0.25) is 0 Å². The highest BCUT2D eigenvalue weighted by Gasteiger charge is 2.26. The molecule has 2 fully saturated rings. The normalized spacial score (nSPS) is 37.5. The first-order valence-corrected chi connectivity index (χ1v) is 8.66. The lowest BCUT2D eigenvalue weighted by atomic mass is 10.1. The van der Waals surface area contributed by atoms with E-state index in [-0.39, 0.29) is 0 Å². The van der Waals surface area contributed by atoms with E-state index in [1.165, 1.54) is 43.3 Å². The Bertz CT molecular complexity index is 207. The molecule has 2 nitrogen and oxygen atoms in total. The summed E-state index contributed by atoms with van der Waals surface area (Å²) in [6.07, 6.45) is 1.26. The van der Waals surface area contributed by atoms with Crippen LogP contribution in [0.15, 0.2) is 0 Å². The molecule has 0 aromatic carbocycles. The minimum absolute atomic E-state index is 0.718. The molecule has 1 N–H and O–H groups in total. The molecule has 2 rings (SSSR count). The Kier molecular flexibility index (Phi) is 5.33. The second-order valence-electron chi connectivity index (χ2n) is 4.88. The number of nitrogens with zero attached hydrogens (tertiary/aromatic N) is 1. The molecule has 0 aliphatic carbocycles. The number of thioether (sulfide) groups is 2. The maximum atomic E-state index is 3.63. The third-order valence-electron chi connectivity index (χ3n) is 3.60. The van der Waals surface area contributed by atoms with Gasteiger partial charge in [-0.3, -0.25) is 4.90 Å². The van der Waals surface area contributed by atoms with Crippen LogP contribution in [-0.2, 0) is 0 Å². The molecule has 0 amide bonds. The number of hydrogen-bond donors (Lipinski definition) is 1. The average Bonchev–Trinajstić information content (AvgIpc) is 2.33. The molecular formula is C12H24N2S2. The van der Waals surface area contributed by atoms with Crippen molar-refractivity contribution in [3.05, 3.63) is 0 Å². The van der Waals surface area contributed by atoms with Crippen molar-refractivity contribution in [2.45, 2.75) is 37.6 Å². The van der Waals surface area contributed by atoms with E-state index in [9.17, 15) is 0 Å². The number of rotatable bonds is 3. The molecule has 2 saturated heterocycles. The molecule has 2 heterocycles. The molecule has 0 radical (unpaired) electrons. The van der Waals surface area contributed by atoms with Crippen LogP contribution in [0, 0.1) is 0 Å². The Morgan fingerprint density at radius 1 is 1.38 bits per heavy atom. The van der Waals surface area contributed by atoms with Gasteiger partial charge in [-0.25, -0.2) is 0 Å². The van der Waals surface area contributed by atoms with Crippen molar-refractivity contribution in [2.24, 2.45) is 0 Å². The summed E-state index contributed by atoms with van der Waals surface area (Å²) in [5.41, 5.74) is 0. The molecule has 94 valence electrons. The van der Waals surface area contributed by atoms with Crippen molar-refractivity contribution < 1.29 is 0 Å². The van der Waals surface area contributed by atoms with E-state index < -0.39 is 0 Å². The molecule has 3 atom stereocenters. The van der Waals surface area contributed by atoms with Gasteiger partial charge in [-0.15, -0.1) is 0 Å². The Morgan fingerprint density at radius 2 is 2.25 bits per heavy atom. The van der Waals surface area contributed by atoms with Gasteiger partial charge in [-0.1, -0.05) is 6.92 Å². The highest BCUT2D eigenvalue weighted by molar-refractivity contribution is 8.06. The summed E-state index contributed by atoms with van der Waals surface area (Å²) >= 11 is 4.32. The molecule has 0 bridgehead atoms. The topological polar surface area (TPSA) is 15.3 Å². The molecular weight excluding hydrogens is 236 g/mol. The summed E-state index contributed by atoms with van der Waals surface area (Å²) < 4.78 is 0. The fourth-order valence-electron chi connectivity index (χ4n) is 2.43.